The number of hydrogen-bond donors (Lipinski definition) is 0. The van der Waals surface area contributed by atoms with Gasteiger partial charge >= 0.3 is 0 Å². The van der Waals surface area contributed by atoms with Gasteiger partial charge in [0.25, 0.3) is 0 Å². The Hall–Kier alpha value is -7.10. The van der Waals surface area contributed by atoms with Gasteiger partial charge in [-0.3, -0.25) is 4.57 Å². The molecule has 0 spiro atoms. The molecule has 0 N–H and O–H groups in total. The summed E-state index contributed by atoms with van der Waals surface area (Å²) < 4.78 is 2.37. The van der Waals surface area contributed by atoms with Gasteiger partial charge in [0, 0.05) is 32.5 Å². The highest BCUT2D eigenvalue weighted by atomic mass is 15.2. The lowest BCUT2D eigenvalue weighted by molar-refractivity contribution is 0.664. The molecule has 0 bridgehead atoms. The van der Waals surface area contributed by atoms with Crippen molar-refractivity contribution in [3.05, 3.63) is 187 Å². The predicted octanol–water partition coefficient (Wildman–Crippen LogP) is 13.8. The van der Waals surface area contributed by atoms with Gasteiger partial charge in [0.1, 0.15) is 0 Å². The second-order valence-electron chi connectivity index (χ2n) is 15.7. The molecular weight excluding hydrogens is 679 g/mol. The van der Waals surface area contributed by atoms with Crippen LogP contribution in [0, 0.1) is 0 Å². The van der Waals surface area contributed by atoms with Crippen LogP contribution in [0.5, 0.6) is 0 Å². The van der Waals surface area contributed by atoms with E-state index >= 15 is 0 Å². The smallest absolute Gasteiger partial charge is 0.235 e. The third kappa shape index (κ3) is 4.23. The van der Waals surface area contributed by atoms with Crippen molar-refractivity contribution in [2.24, 2.45) is 0 Å². The van der Waals surface area contributed by atoms with E-state index in [2.05, 4.69) is 194 Å². The van der Waals surface area contributed by atoms with Crippen molar-refractivity contribution in [3.8, 4) is 39.5 Å². The summed E-state index contributed by atoms with van der Waals surface area (Å²) in [4.78, 5) is 11.2. The van der Waals surface area contributed by atoms with Crippen molar-refractivity contribution in [2.45, 2.75) is 19.3 Å². The van der Waals surface area contributed by atoms with Crippen LogP contribution in [-0.2, 0) is 5.41 Å². The Kier molecular flexibility index (Phi) is 6.40. The Bertz CT molecular complexity index is 3440. The van der Waals surface area contributed by atoms with E-state index in [0.717, 1.165) is 38.4 Å². The molecule has 12 rings (SSSR count). The maximum absolute atomic E-state index is 5.63. The predicted molar refractivity (Wildman–Crippen MR) is 235 cm³/mol. The van der Waals surface area contributed by atoms with E-state index < -0.39 is 0 Å². The zero-order valence-corrected chi connectivity index (χ0v) is 31.1. The van der Waals surface area contributed by atoms with Crippen LogP contribution in [0.2, 0.25) is 0 Å². The van der Waals surface area contributed by atoms with Crippen molar-refractivity contribution in [1.82, 2.24) is 14.5 Å². The largest absolute Gasteiger partial charge is 0.278 e. The first-order valence-corrected chi connectivity index (χ1v) is 19.4. The summed E-state index contributed by atoms with van der Waals surface area (Å²) >= 11 is 0. The number of hydrogen-bond acceptors (Lipinski definition) is 2. The van der Waals surface area contributed by atoms with Crippen LogP contribution in [0.15, 0.2) is 176 Å². The number of nitrogens with zero attached hydrogens (tertiary/aromatic N) is 3. The summed E-state index contributed by atoms with van der Waals surface area (Å²) in [7, 11) is 0. The summed E-state index contributed by atoms with van der Waals surface area (Å²) in [6, 6.07) is 63.8. The van der Waals surface area contributed by atoms with Gasteiger partial charge in [-0.15, -0.1) is 0 Å². The zero-order valence-electron chi connectivity index (χ0n) is 31.1. The average Bonchev–Trinajstić information content (AvgIpc) is 3.72. The van der Waals surface area contributed by atoms with Crippen molar-refractivity contribution in [3.63, 3.8) is 0 Å². The van der Waals surface area contributed by atoms with Gasteiger partial charge in [-0.25, -0.2) is 9.97 Å². The monoisotopic (exact) mass is 713 g/mol. The molecule has 0 atom stereocenters. The zero-order chi connectivity index (χ0) is 37.1. The van der Waals surface area contributed by atoms with Gasteiger partial charge in [-0.2, -0.15) is 0 Å². The van der Waals surface area contributed by atoms with Crippen molar-refractivity contribution in [2.75, 3.05) is 0 Å². The third-order valence-corrected chi connectivity index (χ3v) is 12.4. The molecule has 0 saturated carbocycles. The van der Waals surface area contributed by atoms with E-state index in [0.29, 0.717) is 5.95 Å². The second-order valence-corrected chi connectivity index (χ2v) is 15.7. The van der Waals surface area contributed by atoms with Crippen LogP contribution < -0.4 is 0 Å². The quantitative estimate of drug-likeness (QED) is 0.171. The molecule has 0 unspecified atom stereocenters. The molecule has 56 heavy (non-hydrogen) atoms. The van der Waals surface area contributed by atoms with Crippen LogP contribution in [0.25, 0.3) is 104 Å². The van der Waals surface area contributed by atoms with E-state index in [1.807, 2.05) is 0 Å². The fourth-order valence-corrected chi connectivity index (χ4v) is 9.86. The SMILES string of the molecule is CC1(C)c2ccccc2-c2c1c1c(c3ccccc23)c2ccccc2n1-c1nc(-c2ccc(-c3cccc4ccccc34)cc2)c2ccc3ccccc3c2n1. The van der Waals surface area contributed by atoms with Gasteiger partial charge in [-0.1, -0.05) is 178 Å². The molecule has 1 aliphatic carbocycles. The van der Waals surface area contributed by atoms with Crippen LogP contribution >= 0.6 is 0 Å². The van der Waals surface area contributed by atoms with Gasteiger partial charge < -0.3 is 0 Å². The van der Waals surface area contributed by atoms with Crippen molar-refractivity contribution < 1.29 is 0 Å². The summed E-state index contributed by atoms with van der Waals surface area (Å²) in [5.74, 6) is 0.678. The molecule has 3 heteroatoms. The first-order chi connectivity index (χ1) is 27.6. The highest BCUT2D eigenvalue weighted by molar-refractivity contribution is 6.27. The summed E-state index contributed by atoms with van der Waals surface area (Å²) in [5.41, 5.74) is 12.7. The normalized spacial score (nSPS) is 13.3. The van der Waals surface area contributed by atoms with Crippen molar-refractivity contribution >= 4 is 65.0 Å². The molecule has 262 valence electrons. The number of para-hydroxylation sites is 1. The molecule has 0 radical (unpaired) electrons. The molecule has 1 aliphatic rings. The van der Waals surface area contributed by atoms with Gasteiger partial charge in [0.15, 0.2) is 0 Å². The molecule has 0 saturated heterocycles. The summed E-state index contributed by atoms with van der Waals surface area (Å²) in [5, 5.41) is 10.8. The molecule has 2 heterocycles. The summed E-state index contributed by atoms with van der Waals surface area (Å²) in [6.45, 7) is 4.76. The van der Waals surface area contributed by atoms with Gasteiger partial charge in [0.05, 0.1) is 22.2 Å². The second kappa shape index (κ2) is 11.5. The highest BCUT2D eigenvalue weighted by Gasteiger charge is 2.40. The van der Waals surface area contributed by atoms with Crippen LogP contribution in [0.3, 0.4) is 0 Å². The fourth-order valence-electron chi connectivity index (χ4n) is 9.86. The number of benzene rings is 9. The molecule has 9 aromatic carbocycles. The van der Waals surface area contributed by atoms with E-state index in [4.69, 9.17) is 9.97 Å². The number of rotatable bonds is 3. The minimum atomic E-state index is -0.260. The minimum Gasteiger partial charge on any atom is -0.278 e. The van der Waals surface area contributed by atoms with Crippen LogP contribution in [0.4, 0.5) is 0 Å². The Balaban J connectivity index is 1.20. The molecule has 0 fully saturated rings. The van der Waals surface area contributed by atoms with E-state index in [9.17, 15) is 0 Å². The maximum Gasteiger partial charge on any atom is 0.235 e. The molecule has 0 amide bonds. The molecule has 11 aromatic rings. The Morgan fingerprint density at radius 3 is 1.88 bits per heavy atom. The number of aromatic nitrogens is 3. The van der Waals surface area contributed by atoms with E-state index in [1.54, 1.807) is 0 Å². The first-order valence-electron chi connectivity index (χ1n) is 19.4. The van der Waals surface area contributed by atoms with Crippen molar-refractivity contribution in [1.29, 1.82) is 0 Å². The Morgan fingerprint density at radius 1 is 0.446 bits per heavy atom. The topological polar surface area (TPSA) is 30.7 Å². The van der Waals surface area contributed by atoms with Gasteiger partial charge in [-0.05, 0) is 72.4 Å². The fraction of sp³-hybridized carbons (Fsp3) is 0.0566. The standard InChI is InChI=1S/C53H35N3/c1-53(2)44-24-11-9-21-41(44)46-39-19-7-8-20-40(39)47-42-22-10-12-25-45(42)56(51(47)48(46)53)52-54-49(43-31-30-33-15-4-6-18-38(33)50(43)55-52)35-28-26-34(27-29-35)37-23-13-16-32-14-3-5-17-36(32)37/h3-31H,1-2H3. The van der Waals surface area contributed by atoms with Crippen LogP contribution in [0.1, 0.15) is 25.0 Å². The first kappa shape index (κ1) is 31.3. The Labute approximate surface area is 324 Å². The Morgan fingerprint density at radius 2 is 1.05 bits per heavy atom. The van der Waals surface area contributed by atoms with Gasteiger partial charge in [0.2, 0.25) is 5.95 Å². The average molecular weight is 714 g/mol. The lowest BCUT2D eigenvalue weighted by Gasteiger charge is -2.24. The highest BCUT2D eigenvalue weighted by Crippen LogP contribution is 2.56. The molecule has 0 aliphatic heterocycles. The van der Waals surface area contributed by atoms with Crippen LogP contribution in [-0.4, -0.2) is 14.5 Å². The summed E-state index contributed by atoms with van der Waals surface area (Å²) in [6.07, 6.45) is 0. The minimum absolute atomic E-state index is 0.260. The molecule has 2 aromatic heterocycles. The van der Waals surface area contributed by atoms with E-state index in [1.165, 1.54) is 71.2 Å². The molecule has 3 nitrogen and oxygen atoms in total. The lowest BCUT2D eigenvalue weighted by Crippen LogP contribution is -2.17. The maximum atomic E-state index is 5.63. The third-order valence-electron chi connectivity index (χ3n) is 12.4. The number of fused-ring (bicyclic) bond motifs is 14. The lowest BCUT2D eigenvalue weighted by atomic mass is 9.80. The molecular formula is C53H35N3. The van der Waals surface area contributed by atoms with E-state index in [-0.39, 0.29) is 5.41 Å².